The summed E-state index contributed by atoms with van der Waals surface area (Å²) in [7, 11) is 0. The minimum Gasteiger partial charge on any atom is -0.399 e. The standard InChI is InChI=1S/C12H19N3O2S/c13-10-6-9(7-11(14)8-10)12(17)15-2-5-18-4-1-3-16/h6-8,16H,1-5,13-14H2,(H,15,17). The minimum absolute atomic E-state index is 0.170. The highest BCUT2D eigenvalue weighted by atomic mass is 32.2. The molecule has 18 heavy (non-hydrogen) atoms. The van der Waals surface area contributed by atoms with Crippen molar-refractivity contribution in [3.05, 3.63) is 23.8 Å². The van der Waals surface area contributed by atoms with Crippen molar-refractivity contribution in [2.45, 2.75) is 6.42 Å². The molecule has 0 saturated carbocycles. The highest BCUT2D eigenvalue weighted by molar-refractivity contribution is 7.99. The van der Waals surface area contributed by atoms with E-state index in [1.165, 1.54) is 0 Å². The Balaban J connectivity index is 2.32. The number of nitrogen functional groups attached to an aromatic ring is 2. The number of nitrogens with one attached hydrogen (secondary N) is 1. The van der Waals surface area contributed by atoms with Crippen LogP contribution in [0.1, 0.15) is 16.8 Å². The summed E-state index contributed by atoms with van der Waals surface area (Å²) in [5.74, 6) is 1.55. The van der Waals surface area contributed by atoms with Crippen molar-refractivity contribution in [3.63, 3.8) is 0 Å². The number of carbonyl (C=O) groups excluding carboxylic acids is 1. The molecule has 0 aromatic heterocycles. The van der Waals surface area contributed by atoms with Gasteiger partial charge in [-0.2, -0.15) is 11.8 Å². The lowest BCUT2D eigenvalue weighted by Gasteiger charge is -2.06. The molecule has 0 aliphatic rings. The lowest BCUT2D eigenvalue weighted by Crippen LogP contribution is -2.26. The molecule has 1 aromatic rings. The summed E-state index contributed by atoms with van der Waals surface area (Å²) in [4.78, 5) is 11.8. The number of anilines is 2. The van der Waals surface area contributed by atoms with E-state index >= 15 is 0 Å². The number of hydrogen-bond acceptors (Lipinski definition) is 5. The van der Waals surface area contributed by atoms with Crippen LogP contribution in [0.15, 0.2) is 18.2 Å². The van der Waals surface area contributed by atoms with E-state index in [0.29, 0.717) is 23.5 Å². The second-order valence-corrected chi connectivity index (χ2v) is 5.06. The Morgan fingerprint density at radius 3 is 2.50 bits per heavy atom. The number of carbonyl (C=O) groups is 1. The van der Waals surface area contributed by atoms with Gasteiger partial charge in [-0.3, -0.25) is 4.79 Å². The molecule has 1 amide bonds. The zero-order valence-electron chi connectivity index (χ0n) is 10.2. The molecule has 0 aliphatic heterocycles. The van der Waals surface area contributed by atoms with Gasteiger partial charge in [0.1, 0.15) is 0 Å². The van der Waals surface area contributed by atoms with E-state index < -0.39 is 0 Å². The fraction of sp³-hybridized carbons (Fsp3) is 0.417. The van der Waals surface area contributed by atoms with E-state index in [1.807, 2.05) is 0 Å². The molecule has 6 heteroatoms. The lowest BCUT2D eigenvalue weighted by molar-refractivity contribution is 0.0956. The van der Waals surface area contributed by atoms with E-state index in [1.54, 1.807) is 30.0 Å². The Bertz CT molecular complexity index is 379. The van der Waals surface area contributed by atoms with Crippen LogP contribution in [0.25, 0.3) is 0 Å². The van der Waals surface area contributed by atoms with Crippen molar-refractivity contribution >= 4 is 29.0 Å². The minimum atomic E-state index is -0.170. The molecule has 0 fully saturated rings. The monoisotopic (exact) mass is 269 g/mol. The van der Waals surface area contributed by atoms with E-state index in [-0.39, 0.29) is 12.5 Å². The Morgan fingerprint density at radius 1 is 1.22 bits per heavy atom. The van der Waals surface area contributed by atoms with Crippen molar-refractivity contribution in [1.82, 2.24) is 5.32 Å². The number of aliphatic hydroxyl groups excluding tert-OH is 1. The molecule has 0 heterocycles. The van der Waals surface area contributed by atoms with Crippen LogP contribution in [0.3, 0.4) is 0 Å². The maximum Gasteiger partial charge on any atom is 0.251 e. The first-order valence-corrected chi connectivity index (χ1v) is 6.92. The van der Waals surface area contributed by atoms with Crippen LogP contribution in [-0.4, -0.2) is 35.7 Å². The van der Waals surface area contributed by atoms with Gasteiger partial charge in [-0.1, -0.05) is 0 Å². The van der Waals surface area contributed by atoms with Gasteiger partial charge in [0.05, 0.1) is 0 Å². The van der Waals surface area contributed by atoms with Gasteiger partial charge in [0.15, 0.2) is 0 Å². The maximum atomic E-state index is 11.8. The van der Waals surface area contributed by atoms with Gasteiger partial charge in [-0.05, 0) is 30.4 Å². The van der Waals surface area contributed by atoms with Crippen molar-refractivity contribution in [1.29, 1.82) is 0 Å². The molecule has 0 atom stereocenters. The van der Waals surface area contributed by atoms with Crippen LogP contribution in [-0.2, 0) is 0 Å². The zero-order chi connectivity index (χ0) is 13.4. The van der Waals surface area contributed by atoms with Crippen molar-refractivity contribution in [2.75, 3.05) is 36.1 Å². The molecule has 0 unspecified atom stereocenters. The van der Waals surface area contributed by atoms with E-state index in [2.05, 4.69) is 5.32 Å². The van der Waals surface area contributed by atoms with Crippen molar-refractivity contribution < 1.29 is 9.90 Å². The topological polar surface area (TPSA) is 101 Å². The number of amides is 1. The fourth-order valence-corrected chi connectivity index (χ4v) is 2.20. The summed E-state index contributed by atoms with van der Waals surface area (Å²) in [6.45, 7) is 0.797. The summed E-state index contributed by atoms with van der Waals surface area (Å²) in [6.07, 6.45) is 0.782. The van der Waals surface area contributed by atoms with Gasteiger partial charge >= 0.3 is 0 Å². The first-order chi connectivity index (χ1) is 8.63. The zero-order valence-corrected chi connectivity index (χ0v) is 11.0. The highest BCUT2D eigenvalue weighted by Gasteiger charge is 2.06. The summed E-state index contributed by atoms with van der Waals surface area (Å²) in [5.41, 5.74) is 12.7. The summed E-state index contributed by atoms with van der Waals surface area (Å²) >= 11 is 1.70. The van der Waals surface area contributed by atoms with E-state index in [4.69, 9.17) is 16.6 Å². The van der Waals surface area contributed by atoms with Crippen LogP contribution >= 0.6 is 11.8 Å². The number of rotatable bonds is 7. The van der Waals surface area contributed by atoms with Gasteiger partial charge in [0.25, 0.3) is 5.91 Å². The van der Waals surface area contributed by atoms with Gasteiger partial charge in [0.2, 0.25) is 0 Å². The third kappa shape index (κ3) is 5.29. The van der Waals surface area contributed by atoms with Gasteiger partial charge in [-0.15, -0.1) is 0 Å². The molecule has 0 bridgehead atoms. The third-order valence-electron chi connectivity index (χ3n) is 2.22. The summed E-state index contributed by atoms with van der Waals surface area (Å²) in [5, 5.41) is 11.4. The molecule has 6 N–H and O–H groups in total. The van der Waals surface area contributed by atoms with Crippen molar-refractivity contribution in [3.8, 4) is 0 Å². The second-order valence-electron chi connectivity index (χ2n) is 3.83. The average Bonchev–Trinajstić information content (AvgIpc) is 2.32. The molecule has 100 valence electrons. The highest BCUT2D eigenvalue weighted by Crippen LogP contribution is 2.13. The van der Waals surface area contributed by atoms with Gasteiger partial charge < -0.3 is 21.9 Å². The fourth-order valence-electron chi connectivity index (χ4n) is 1.42. The molecule has 0 radical (unpaired) electrons. The number of aliphatic hydroxyl groups is 1. The predicted octanol–water partition coefficient (Wildman–Crippen LogP) is 0.696. The largest absolute Gasteiger partial charge is 0.399 e. The van der Waals surface area contributed by atoms with Crippen molar-refractivity contribution in [2.24, 2.45) is 0 Å². The molecule has 5 nitrogen and oxygen atoms in total. The molecule has 0 saturated heterocycles. The molecule has 0 spiro atoms. The normalized spacial score (nSPS) is 10.3. The Labute approximate surface area is 111 Å². The molecular weight excluding hydrogens is 250 g/mol. The van der Waals surface area contributed by atoms with E-state index in [9.17, 15) is 4.79 Å². The first-order valence-electron chi connectivity index (χ1n) is 5.76. The first kappa shape index (κ1) is 14.7. The van der Waals surface area contributed by atoms with Crippen LogP contribution in [0, 0.1) is 0 Å². The maximum absolute atomic E-state index is 11.8. The lowest BCUT2D eigenvalue weighted by atomic mass is 10.1. The number of thioether (sulfide) groups is 1. The van der Waals surface area contributed by atoms with Crippen LogP contribution in [0.2, 0.25) is 0 Å². The Kier molecular flexibility index (Phi) is 6.38. The Morgan fingerprint density at radius 2 is 1.89 bits per heavy atom. The molecule has 1 rings (SSSR count). The molecular formula is C12H19N3O2S. The average molecular weight is 269 g/mol. The van der Waals surface area contributed by atoms with Crippen LogP contribution in [0.4, 0.5) is 11.4 Å². The smallest absolute Gasteiger partial charge is 0.251 e. The van der Waals surface area contributed by atoms with Crippen LogP contribution in [0.5, 0.6) is 0 Å². The molecule has 0 aliphatic carbocycles. The third-order valence-corrected chi connectivity index (χ3v) is 3.29. The second kappa shape index (κ2) is 7.84. The van der Waals surface area contributed by atoms with Gasteiger partial charge in [0, 0.05) is 35.8 Å². The number of nitrogens with two attached hydrogens (primary N) is 2. The summed E-state index contributed by atoms with van der Waals surface area (Å²) < 4.78 is 0. The SMILES string of the molecule is Nc1cc(N)cc(C(=O)NCCSCCCO)c1. The van der Waals surface area contributed by atoms with Gasteiger partial charge in [-0.25, -0.2) is 0 Å². The summed E-state index contributed by atoms with van der Waals surface area (Å²) in [6, 6.07) is 4.82. The van der Waals surface area contributed by atoms with Crippen LogP contribution < -0.4 is 16.8 Å². The Hall–Kier alpha value is -1.40. The predicted molar refractivity (Wildman–Crippen MR) is 76.6 cm³/mol. The number of hydrogen-bond donors (Lipinski definition) is 4. The molecule has 1 aromatic carbocycles. The van der Waals surface area contributed by atoms with E-state index in [0.717, 1.165) is 17.9 Å². The number of benzene rings is 1. The quantitative estimate of drug-likeness (QED) is 0.431.